The largest absolute Gasteiger partial charge is 0.494 e. The van der Waals surface area contributed by atoms with Crippen molar-refractivity contribution < 1.29 is 14.3 Å². The fourth-order valence-electron chi connectivity index (χ4n) is 5.47. The number of fused-ring (bicyclic) bond motifs is 2. The Morgan fingerprint density at radius 2 is 1.84 bits per heavy atom. The van der Waals surface area contributed by atoms with Crippen molar-refractivity contribution in [1.82, 2.24) is 15.1 Å². The maximum atomic E-state index is 13.0. The smallest absolute Gasteiger partial charge is 0.227 e. The second kappa shape index (κ2) is 10.5. The Morgan fingerprint density at radius 1 is 1.06 bits per heavy atom. The van der Waals surface area contributed by atoms with Crippen molar-refractivity contribution in [2.45, 2.75) is 57.9 Å². The van der Waals surface area contributed by atoms with Crippen LogP contribution in [0.1, 0.15) is 51.0 Å². The Bertz CT molecular complexity index is 745. The van der Waals surface area contributed by atoms with Gasteiger partial charge in [-0.15, -0.1) is 0 Å². The fourth-order valence-corrected chi connectivity index (χ4v) is 5.47. The fraction of sp³-hybridized carbons (Fsp3) is 0.680. The molecule has 3 saturated heterocycles. The molecule has 0 saturated carbocycles. The summed E-state index contributed by atoms with van der Waals surface area (Å²) in [5.74, 6) is 2.44. The Morgan fingerprint density at radius 3 is 2.58 bits per heavy atom. The highest BCUT2D eigenvalue weighted by Gasteiger charge is 2.37. The second-order valence-corrected chi connectivity index (χ2v) is 9.41. The molecule has 1 aromatic rings. The van der Waals surface area contributed by atoms with Gasteiger partial charge in [0, 0.05) is 38.6 Å². The van der Waals surface area contributed by atoms with Gasteiger partial charge in [0.05, 0.1) is 13.0 Å². The van der Waals surface area contributed by atoms with Gasteiger partial charge in [-0.1, -0.05) is 12.1 Å². The van der Waals surface area contributed by atoms with E-state index >= 15 is 0 Å². The van der Waals surface area contributed by atoms with Crippen LogP contribution in [0.15, 0.2) is 24.3 Å². The normalized spacial score (nSPS) is 25.5. The summed E-state index contributed by atoms with van der Waals surface area (Å²) in [5.41, 5.74) is 1.04. The predicted molar refractivity (Wildman–Crippen MR) is 121 cm³/mol. The number of nitrogens with one attached hydrogen (secondary N) is 1. The molecule has 6 nitrogen and oxygen atoms in total. The molecule has 4 rings (SSSR count). The van der Waals surface area contributed by atoms with Crippen molar-refractivity contribution in [3.63, 3.8) is 0 Å². The minimum Gasteiger partial charge on any atom is -0.494 e. The van der Waals surface area contributed by atoms with E-state index in [1.165, 1.54) is 6.42 Å². The maximum absolute atomic E-state index is 13.0. The molecule has 2 unspecified atom stereocenters. The van der Waals surface area contributed by atoms with Crippen LogP contribution in [0.25, 0.3) is 0 Å². The van der Waals surface area contributed by atoms with Gasteiger partial charge in [0.25, 0.3) is 0 Å². The first-order valence-electron chi connectivity index (χ1n) is 12.1. The Kier molecular flexibility index (Phi) is 7.49. The van der Waals surface area contributed by atoms with E-state index in [9.17, 15) is 9.59 Å². The van der Waals surface area contributed by atoms with Crippen LogP contribution in [0.4, 0.5) is 0 Å². The third kappa shape index (κ3) is 5.79. The highest BCUT2D eigenvalue weighted by atomic mass is 16.5. The van der Waals surface area contributed by atoms with Gasteiger partial charge in [0.15, 0.2) is 0 Å². The summed E-state index contributed by atoms with van der Waals surface area (Å²) in [6, 6.07) is 8.30. The zero-order valence-corrected chi connectivity index (χ0v) is 18.9. The van der Waals surface area contributed by atoms with E-state index in [1.54, 1.807) is 0 Å². The maximum Gasteiger partial charge on any atom is 0.227 e. The molecule has 0 spiro atoms. The lowest BCUT2D eigenvalue weighted by molar-refractivity contribution is -0.134. The van der Waals surface area contributed by atoms with E-state index in [4.69, 9.17) is 4.74 Å². The standard InChI is InChI=1S/C25H37N3O3/c1-2-31-22-10-8-19(9-11-22)15-25(30)28-17-20-14-21(18-28)23(26-16-20)6-5-7-24(29)27-12-3-4-13-27/h8-11,20-21,23,26H,2-7,12-18H2,1H3/t20?,21?,23-/m1/s1. The van der Waals surface area contributed by atoms with Crippen LogP contribution < -0.4 is 10.1 Å². The highest BCUT2D eigenvalue weighted by molar-refractivity contribution is 5.79. The number of hydrogen-bond acceptors (Lipinski definition) is 4. The number of nitrogens with zero attached hydrogens (tertiary/aromatic N) is 2. The highest BCUT2D eigenvalue weighted by Crippen LogP contribution is 2.31. The number of piperidine rings is 2. The van der Waals surface area contributed by atoms with Crippen LogP contribution in [0.2, 0.25) is 0 Å². The summed E-state index contributed by atoms with van der Waals surface area (Å²) < 4.78 is 5.49. The molecule has 3 aliphatic rings. The molecular weight excluding hydrogens is 390 g/mol. The number of carbonyl (C=O) groups excluding carboxylic acids is 2. The lowest BCUT2D eigenvalue weighted by Crippen LogP contribution is -2.57. The SMILES string of the molecule is CCOc1ccc(CC(=O)N2CC3CN[C@H](CCCC(=O)N4CCCC4)C(C3)C2)cc1. The topological polar surface area (TPSA) is 61.9 Å². The summed E-state index contributed by atoms with van der Waals surface area (Å²) >= 11 is 0. The first-order chi connectivity index (χ1) is 15.1. The lowest BCUT2D eigenvalue weighted by atomic mass is 9.79. The zero-order chi connectivity index (χ0) is 21.6. The number of benzene rings is 1. The lowest BCUT2D eigenvalue weighted by Gasteiger charge is -2.46. The van der Waals surface area contributed by atoms with Crippen LogP contribution >= 0.6 is 0 Å². The monoisotopic (exact) mass is 427 g/mol. The van der Waals surface area contributed by atoms with E-state index in [0.717, 1.165) is 69.7 Å². The molecule has 0 radical (unpaired) electrons. The number of hydrogen-bond donors (Lipinski definition) is 1. The molecular formula is C25H37N3O3. The molecule has 2 bridgehead atoms. The quantitative estimate of drug-likeness (QED) is 0.693. The average Bonchev–Trinajstić information content (AvgIpc) is 3.32. The molecule has 3 fully saturated rings. The van der Waals surface area contributed by atoms with E-state index in [1.807, 2.05) is 36.1 Å². The molecule has 3 aliphatic heterocycles. The van der Waals surface area contributed by atoms with Crippen LogP contribution in [0.3, 0.4) is 0 Å². The summed E-state index contributed by atoms with van der Waals surface area (Å²) in [4.78, 5) is 29.4. The van der Waals surface area contributed by atoms with Crippen LogP contribution in [-0.4, -0.2) is 67.0 Å². The van der Waals surface area contributed by atoms with Crippen molar-refractivity contribution in [3.05, 3.63) is 29.8 Å². The minimum atomic E-state index is 0.226. The van der Waals surface area contributed by atoms with Crippen molar-refractivity contribution in [1.29, 1.82) is 0 Å². The van der Waals surface area contributed by atoms with Crippen LogP contribution in [0, 0.1) is 11.8 Å². The molecule has 31 heavy (non-hydrogen) atoms. The van der Waals surface area contributed by atoms with Gasteiger partial charge in [-0.3, -0.25) is 9.59 Å². The Labute approximate surface area is 186 Å². The molecule has 3 heterocycles. The number of rotatable bonds is 8. The summed E-state index contributed by atoms with van der Waals surface area (Å²) in [6.45, 7) is 7.18. The molecule has 0 aromatic heterocycles. The van der Waals surface area contributed by atoms with E-state index < -0.39 is 0 Å². The number of carbonyl (C=O) groups is 2. The van der Waals surface area contributed by atoms with Crippen molar-refractivity contribution in [2.75, 3.05) is 39.3 Å². The molecule has 0 aliphatic carbocycles. The number of ether oxygens (including phenoxy) is 1. The summed E-state index contributed by atoms with van der Waals surface area (Å²) in [5, 5.41) is 3.71. The molecule has 1 N–H and O–H groups in total. The van der Waals surface area contributed by atoms with E-state index in [0.29, 0.717) is 43.2 Å². The zero-order valence-electron chi connectivity index (χ0n) is 18.9. The Hall–Kier alpha value is -2.08. The van der Waals surface area contributed by atoms with Gasteiger partial charge in [-0.05, 0) is 75.1 Å². The van der Waals surface area contributed by atoms with Gasteiger partial charge < -0.3 is 19.9 Å². The van der Waals surface area contributed by atoms with Gasteiger partial charge in [0.2, 0.25) is 11.8 Å². The van der Waals surface area contributed by atoms with Gasteiger partial charge in [0.1, 0.15) is 5.75 Å². The molecule has 6 heteroatoms. The van der Waals surface area contributed by atoms with Crippen LogP contribution in [-0.2, 0) is 16.0 Å². The first kappa shape index (κ1) is 22.1. The van der Waals surface area contributed by atoms with Gasteiger partial charge in [-0.2, -0.15) is 0 Å². The average molecular weight is 428 g/mol. The predicted octanol–water partition coefficient (Wildman–Crippen LogP) is 2.86. The van der Waals surface area contributed by atoms with Crippen molar-refractivity contribution in [2.24, 2.45) is 11.8 Å². The van der Waals surface area contributed by atoms with Crippen LogP contribution in [0.5, 0.6) is 5.75 Å². The van der Waals surface area contributed by atoms with Crippen molar-refractivity contribution >= 4 is 11.8 Å². The van der Waals surface area contributed by atoms with Crippen molar-refractivity contribution in [3.8, 4) is 5.75 Å². The van der Waals surface area contributed by atoms with E-state index in [-0.39, 0.29) is 5.91 Å². The summed E-state index contributed by atoms with van der Waals surface area (Å²) in [7, 11) is 0. The third-order valence-corrected chi connectivity index (χ3v) is 7.11. The Balaban J connectivity index is 1.25. The van der Waals surface area contributed by atoms with E-state index in [2.05, 4.69) is 10.2 Å². The number of amides is 2. The minimum absolute atomic E-state index is 0.226. The third-order valence-electron chi connectivity index (χ3n) is 7.11. The molecule has 170 valence electrons. The molecule has 2 amide bonds. The first-order valence-corrected chi connectivity index (χ1v) is 12.1. The van der Waals surface area contributed by atoms with Gasteiger partial charge in [-0.25, -0.2) is 0 Å². The second-order valence-electron chi connectivity index (χ2n) is 9.41. The molecule has 1 aromatic carbocycles. The summed E-state index contributed by atoms with van der Waals surface area (Å²) in [6.07, 6.45) is 6.58. The number of likely N-dealkylation sites (tertiary alicyclic amines) is 2. The van der Waals surface area contributed by atoms with Gasteiger partial charge >= 0.3 is 0 Å². The molecule has 3 atom stereocenters.